The van der Waals surface area contributed by atoms with Gasteiger partial charge in [0, 0.05) is 42.2 Å². The minimum absolute atomic E-state index is 0.111. The van der Waals surface area contributed by atoms with E-state index in [9.17, 15) is 14.7 Å². The first kappa shape index (κ1) is 23.8. The summed E-state index contributed by atoms with van der Waals surface area (Å²) >= 11 is 6.53. The number of ether oxygens (including phenoxy) is 1. The normalized spacial score (nSPS) is 16.1. The van der Waals surface area contributed by atoms with Crippen LogP contribution in [-0.2, 0) is 4.74 Å². The third-order valence-electron chi connectivity index (χ3n) is 6.08. The van der Waals surface area contributed by atoms with Gasteiger partial charge in [0.2, 0.25) is 0 Å². The molecule has 1 aliphatic rings. The van der Waals surface area contributed by atoms with E-state index < -0.39 is 0 Å². The SMILES string of the molecule is CCCOC(=O)N1CCN(C(=O)c2ccc3c(Cl)cc(-c4ccc(O)c(C)c4)nc3c2)[C@@H](C)C1. The maximum Gasteiger partial charge on any atom is 0.409 e. The summed E-state index contributed by atoms with van der Waals surface area (Å²) in [5.74, 6) is 0.108. The fourth-order valence-corrected chi connectivity index (χ4v) is 4.42. The van der Waals surface area contributed by atoms with Crippen LogP contribution in [0.5, 0.6) is 5.75 Å². The van der Waals surface area contributed by atoms with Gasteiger partial charge in [0.25, 0.3) is 5.91 Å². The van der Waals surface area contributed by atoms with Gasteiger partial charge in [-0.1, -0.05) is 24.6 Å². The first-order chi connectivity index (χ1) is 16.3. The number of carbonyl (C=O) groups excluding carboxylic acids is 2. The molecule has 1 aromatic heterocycles. The Morgan fingerprint density at radius 2 is 1.97 bits per heavy atom. The highest BCUT2D eigenvalue weighted by atomic mass is 35.5. The Kier molecular flexibility index (Phi) is 6.93. The Morgan fingerprint density at radius 3 is 2.68 bits per heavy atom. The van der Waals surface area contributed by atoms with Crippen LogP contribution < -0.4 is 0 Å². The second-order valence-corrected chi connectivity index (χ2v) is 9.04. The minimum Gasteiger partial charge on any atom is -0.508 e. The summed E-state index contributed by atoms with van der Waals surface area (Å²) in [7, 11) is 0. The summed E-state index contributed by atoms with van der Waals surface area (Å²) in [6, 6.07) is 12.2. The zero-order valence-corrected chi connectivity index (χ0v) is 20.3. The zero-order valence-electron chi connectivity index (χ0n) is 19.5. The van der Waals surface area contributed by atoms with Gasteiger partial charge >= 0.3 is 6.09 Å². The van der Waals surface area contributed by atoms with Gasteiger partial charge < -0.3 is 19.6 Å². The minimum atomic E-state index is -0.331. The molecule has 34 heavy (non-hydrogen) atoms. The molecule has 1 saturated heterocycles. The topological polar surface area (TPSA) is 83.0 Å². The quantitative estimate of drug-likeness (QED) is 0.549. The smallest absolute Gasteiger partial charge is 0.409 e. The van der Waals surface area contributed by atoms with E-state index in [-0.39, 0.29) is 23.8 Å². The molecule has 1 atom stereocenters. The van der Waals surface area contributed by atoms with Crippen molar-refractivity contribution in [2.75, 3.05) is 26.2 Å². The molecule has 0 unspecified atom stereocenters. The second kappa shape index (κ2) is 9.89. The number of benzene rings is 2. The third kappa shape index (κ3) is 4.80. The number of nitrogens with zero attached hydrogens (tertiary/aromatic N) is 3. The van der Waals surface area contributed by atoms with Gasteiger partial charge in [0.1, 0.15) is 5.75 Å². The number of aryl methyl sites for hydroxylation is 1. The van der Waals surface area contributed by atoms with Crippen LogP contribution in [0.4, 0.5) is 4.79 Å². The van der Waals surface area contributed by atoms with Crippen molar-refractivity contribution in [3.63, 3.8) is 0 Å². The molecule has 0 spiro atoms. The summed E-state index contributed by atoms with van der Waals surface area (Å²) in [5.41, 5.74) is 3.37. The van der Waals surface area contributed by atoms with Gasteiger partial charge in [0.15, 0.2) is 0 Å². The lowest BCUT2D eigenvalue weighted by atomic mass is 10.0. The Bertz CT molecular complexity index is 1250. The molecule has 0 aliphatic carbocycles. The molecule has 4 rings (SSSR count). The number of phenolic OH excluding ortho intramolecular Hbond substituents is 1. The molecule has 0 saturated carbocycles. The van der Waals surface area contributed by atoms with E-state index in [1.165, 1.54) is 0 Å². The predicted octanol–water partition coefficient (Wildman–Crippen LogP) is 5.26. The molecule has 178 valence electrons. The summed E-state index contributed by atoms with van der Waals surface area (Å²) in [6.07, 6.45) is 0.440. The molecule has 2 amide bonds. The van der Waals surface area contributed by atoms with Crippen LogP contribution in [0.15, 0.2) is 42.5 Å². The van der Waals surface area contributed by atoms with E-state index in [0.717, 1.165) is 22.9 Å². The van der Waals surface area contributed by atoms with E-state index in [0.29, 0.717) is 48.0 Å². The second-order valence-electron chi connectivity index (χ2n) is 8.63. The summed E-state index contributed by atoms with van der Waals surface area (Å²) in [5, 5.41) is 11.1. The fourth-order valence-electron chi connectivity index (χ4n) is 4.15. The highest BCUT2D eigenvalue weighted by Gasteiger charge is 2.31. The maximum absolute atomic E-state index is 13.3. The molecule has 3 aromatic rings. The van der Waals surface area contributed by atoms with Crippen molar-refractivity contribution < 1.29 is 19.4 Å². The lowest BCUT2D eigenvalue weighted by Gasteiger charge is -2.39. The largest absolute Gasteiger partial charge is 0.508 e. The lowest BCUT2D eigenvalue weighted by molar-refractivity contribution is 0.0414. The predicted molar refractivity (Wildman–Crippen MR) is 132 cm³/mol. The summed E-state index contributed by atoms with van der Waals surface area (Å²) in [6.45, 7) is 7.38. The first-order valence-corrected chi connectivity index (χ1v) is 11.8. The molecule has 1 aliphatic heterocycles. The number of amides is 2. The Labute approximate surface area is 203 Å². The number of carbonyl (C=O) groups is 2. The summed E-state index contributed by atoms with van der Waals surface area (Å²) in [4.78, 5) is 33.7. The number of aromatic nitrogens is 1. The molecular weight excluding hydrogens is 454 g/mol. The number of phenols is 1. The van der Waals surface area contributed by atoms with Crippen molar-refractivity contribution >= 4 is 34.5 Å². The van der Waals surface area contributed by atoms with Crippen LogP contribution in [-0.4, -0.2) is 64.2 Å². The van der Waals surface area contributed by atoms with Crippen molar-refractivity contribution in [3.05, 3.63) is 58.6 Å². The zero-order chi connectivity index (χ0) is 24.4. The molecular formula is C26H28ClN3O4. The molecule has 7 nitrogen and oxygen atoms in total. The van der Waals surface area contributed by atoms with Crippen molar-refractivity contribution in [2.24, 2.45) is 0 Å². The number of fused-ring (bicyclic) bond motifs is 1. The Hall–Kier alpha value is -3.32. The highest BCUT2D eigenvalue weighted by molar-refractivity contribution is 6.35. The first-order valence-electron chi connectivity index (χ1n) is 11.4. The van der Waals surface area contributed by atoms with Gasteiger partial charge in [0.05, 0.1) is 22.8 Å². The third-order valence-corrected chi connectivity index (χ3v) is 6.39. The molecule has 2 aromatic carbocycles. The number of hydrogen-bond acceptors (Lipinski definition) is 5. The standard InChI is InChI=1S/C26H28ClN3O4/c1-4-11-34-26(33)29-9-10-30(17(3)15-29)25(32)19-5-7-20-21(27)14-22(28-23(20)13-19)18-6-8-24(31)16(2)12-18/h5-8,12-14,17,31H,4,9-11,15H2,1-3H3/t17-/m0/s1. The Balaban J connectivity index is 1.58. The van der Waals surface area contributed by atoms with E-state index in [2.05, 4.69) is 0 Å². The number of piperazine rings is 1. The van der Waals surface area contributed by atoms with Gasteiger partial charge in [-0.25, -0.2) is 9.78 Å². The van der Waals surface area contributed by atoms with Gasteiger partial charge in [-0.15, -0.1) is 0 Å². The summed E-state index contributed by atoms with van der Waals surface area (Å²) < 4.78 is 5.23. The van der Waals surface area contributed by atoms with E-state index in [1.54, 1.807) is 40.1 Å². The molecule has 1 N–H and O–H groups in total. The van der Waals surface area contributed by atoms with Gasteiger partial charge in [-0.2, -0.15) is 0 Å². The monoisotopic (exact) mass is 481 g/mol. The number of aromatic hydroxyl groups is 1. The molecule has 0 bridgehead atoms. The number of pyridine rings is 1. The molecule has 0 radical (unpaired) electrons. The molecule has 1 fully saturated rings. The highest BCUT2D eigenvalue weighted by Crippen LogP contribution is 2.31. The number of halogens is 1. The average molecular weight is 482 g/mol. The molecule has 8 heteroatoms. The van der Waals surface area contributed by atoms with Gasteiger partial charge in [-0.05, 0) is 62.2 Å². The van der Waals surface area contributed by atoms with Crippen molar-refractivity contribution in [3.8, 4) is 17.0 Å². The van der Waals surface area contributed by atoms with Crippen molar-refractivity contribution in [2.45, 2.75) is 33.2 Å². The number of rotatable bonds is 4. The van der Waals surface area contributed by atoms with Gasteiger partial charge in [-0.3, -0.25) is 4.79 Å². The lowest BCUT2D eigenvalue weighted by Crippen LogP contribution is -2.55. The van der Waals surface area contributed by atoms with Crippen LogP contribution in [0.25, 0.3) is 22.2 Å². The van der Waals surface area contributed by atoms with Crippen LogP contribution in [0.3, 0.4) is 0 Å². The molecule has 2 heterocycles. The maximum atomic E-state index is 13.3. The Morgan fingerprint density at radius 1 is 1.18 bits per heavy atom. The van der Waals surface area contributed by atoms with Crippen molar-refractivity contribution in [1.29, 1.82) is 0 Å². The van der Waals surface area contributed by atoms with Crippen LogP contribution in [0.1, 0.15) is 36.2 Å². The van der Waals surface area contributed by atoms with Crippen molar-refractivity contribution in [1.82, 2.24) is 14.8 Å². The van der Waals surface area contributed by atoms with Crippen LogP contribution in [0.2, 0.25) is 5.02 Å². The van der Waals surface area contributed by atoms with Crippen LogP contribution >= 0.6 is 11.6 Å². The van der Waals surface area contributed by atoms with E-state index in [4.69, 9.17) is 21.3 Å². The van der Waals surface area contributed by atoms with E-state index in [1.807, 2.05) is 32.9 Å². The fraction of sp³-hybridized carbons (Fsp3) is 0.346. The average Bonchev–Trinajstić information content (AvgIpc) is 2.83. The van der Waals surface area contributed by atoms with E-state index >= 15 is 0 Å². The van der Waals surface area contributed by atoms with Crippen LogP contribution in [0, 0.1) is 6.92 Å². The number of hydrogen-bond donors (Lipinski definition) is 1.